The van der Waals surface area contributed by atoms with Crippen LogP contribution in [0.3, 0.4) is 0 Å². The summed E-state index contributed by atoms with van der Waals surface area (Å²) in [5.74, 6) is -0.590. The number of rotatable bonds is 7. The Morgan fingerprint density at radius 3 is 2.71 bits per heavy atom. The van der Waals surface area contributed by atoms with E-state index in [2.05, 4.69) is 10.3 Å². The number of nitrogens with two attached hydrogens (primary N) is 1. The summed E-state index contributed by atoms with van der Waals surface area (Å²) in [6.07, 6.45) is 3.10. The van der Waals surface area contributed by atoms with E-state index in [1.807, 2.05) is 13.0 Å². The van der Waals surface area contributed by atoms with Crippen LogP contribution in [0, 0.1) is 12.7 Å². The van der Waals surface area contributed by atoms with Crippen LogP contribution in [0.5, 0.6) is 5.75 Å². The highest BCUT2D eigenvalue weighted by molar-refractivity contribution is 7.14. The molecule has 7 nitrogen and oxygen atoms in total. The molecule has 0 saturated heterocycles. The number of hydrogen-bond donors (Lipinski definition) is 2. The van der Waals surface area contributed by atoms with Gasteiger partial charge in [-0.2, -0.15) is 0 Å². The lowest BCUT2D eigenvalue weighted by molar-refractivity contribution is -0.117. The monoisotopic (exact) mass is 479 g/mol. The lowest BCUT2D eigenvalue weighted by Crippen LogP contribution is -2.14. The smallest absolute Gasteiger partial charge is 0.250 e. The van der Waals surface area contributed by atoms with Crippen molar-refractivity contribution < 1.29 is 23.1 Å². The molecule has 0 unspecified atom stereocenters. The highest BCUT2D eigenvalue weighted by Crippen LogP contribution is 2.40. The van der Waals surface area contributed by atoms with Crippen molar-refractivity contribution in [2.24, 2.45) is 5.73 Å². The number of hydrogen-bond acceptors (Lipinski definition) is 6. The van der Waals surface area contributed by atoms with Crippen molar-refractivity contribution in [3.8, 4) is 16.9 Å². The molecule has 2 amide bonds. The Morgan fingerprint density at radius 2 is 2.03 bits per heavy atom. The number of primary amides is 1. The van der Waals surface area contributed by atoms with E-state index in [9.17, 15) is 14.0 Å². The molecule has 4 aromatic rings. The number of benzene rings is 2. The van der Waals surface area contributed by atoms with E-state index >= 15 is 0 Å². The maximum Gasteiger partial charge on any atom is 0.250 e. The first kappa shape index (κ1) is 23.2. The zero-order valence-electron chi connectivity index (χ0n) is 18.8. The number of nitrogens with one attached hydrogen (secondary N) is 1. The standard InChI is InChI=1S/C25H22FN3O4S/c1-13(8-22(31)29-25-28-17(12-34-25)9-21(27)30)18-10-19-20(15-4-6-16(26)7-5-15)11-33-24(19)14(2)23(18)32-3/h4-8,10-12H,9H2,1-3H3,(H2,27,30)(H,28,29,31)/b13-8+. The number of nitrogens with zero attached hydrogens (tertiary/aromatic N) is 1. The van der Waals surface area contributed by atoms with Gasteiger partial charge in [-0.3, -0.25) is 14.9 Å². The summed E-state index contributed by atoms with van der Waals surface area (Å²) in [7, 11) is 1.56. The number of allylic oxidation sites excluding steroid dienone is 1. The quantitative estimate of drug-likeness (QED) is 0.359. The minimum absolute atomic E-state index is 0.0127. The van der Waals surface area contributed by atoms with Crippen LogP contribution in [0.1, 0.15) is 23.7 Å². The minimum Gasteiger partial charge on any atom is -0.496 e. The molecule has 0 fully saturated rings. The van der Waals surface area contributed by atoms with Gasteiger partial charge in [0.1, 0.15) is 17.1 Å². The summed E-state index contributed by atoms with van der Waals surface area (Å²) in [6, 6.07) is 8.07. The second-order valence-electron chi connectivity index (χ2n) is 7.72. The lowest BCUT2D eigenvalue weighted by atomic mass is 9.96. The Morgan fingerprint density at radius 1 is 1.29 bits per heavy atom. The predicted octanol–water partition coefficient (Wildman–Crippen LogP) is 5.08. The van der Waals surface area contributed by atoms with Crippen LogP contribution in [0.25, 0.3) is 27.7 Å². The van der Waals surface area contributed by atoms with Crippen molar-refractivity contribution in [2.45, 2.75) is 20.3 Å². The average Bonchev–Trinajstić information content (AvgIpc) is 3.40. The lowest BCUT2D eigenvalue weighted by Gasteiger charge is -2.13. The Hall–Kier alpha value is -3.98. The van der Waals surface area contributed by atoms with Crippen LogP contribution >= 0.6 is 11.3 Å². The maximum atomic E-state index is 13.4. The van der Waals surface area contributed by atoms with Crippen molar-refractivity contribution in [1.29, 1.82) is 0 Å². The van der Waals surface area contributed by atoms with E-state index in [0.29, 0.717) is 27.7 Å². The van der Waals surface area contributed by atoms with E-state index in [1.54, 1.807) is 37.8 Å². The Balaban J connectivity index is 1.69. The van der Waals surface area contributed by atoms with Gasteiger partial charge in [-0.15, -0.1) is 11.3 Å². The molecule has 3 N–H and O–H groups in total. The van der Waals surface area contributed by atoms with Crippen molar-refractivity contribution in [3.05, 3.63) is 70.7 Å². The Bertz CT molecular complexity index is 1420. The number of carbonyl (C=O) groups is 2. The van der Waals surface area contributed by atoms with Crippen molar-refractivity contribution >= 4 is 44.8 Å². The summed E-state index contributed by atoms with van der Waals surface area (Å²) in [5.41, 5.74) is 10.1. The predicted molar refractivity (Wildman–Crippen MR) is 130 cm³/mol. The second-order valence-corrected chi connectivity index (χ2v) is 8.58. The second kappa shape index (κ2) is 9.48. The molecule has 34 heavy (non-hydrogen) atoms. The number of amides is 2. The van der Waals surface area contributed by atoms with Gasteiger partial charge >= 0.3 is 0 Å². The summed E-state index contributed by atoms with van der Waals surface area (Å²) in [6.45, 7) is 3.69. The molecule has 4 rings (SSSR count). The summed E-state index contributed by atoms with van der Waals surface area (Å²) >= 11 is 1.21. The van der Waals surface area contributed by atoms with Gasteiger partial charge in [0.15, 0.2) is 5.13 Å². The molecule has 0 atom stereocenters. The topological polar surface area (TPSA) is 107 Å². The van der Waals surface area contributed by atoms with Gasteiger partial charge in [0.05, 0.1) is 25.5 Å². The molecule has 0 saturated carbocycles. The third-order valence-corrected chi connectivity index (χ3v) is 6.12. The number of fused-ring (bicyclic) bond motifs is 1. The molecule has 0 aliphatic rings. The molecule has 2 aromatic carbocycles. The molecule has 0 aliphatic carbocycles. The molecule has 0 radical (unpaired) electrons. The third kappa shape index (κ3) is 4.69. The number of ether oxygens (including phenoxy) is 1. The number of carbonyl (C=O) groups excluding carboxylic acids is 2. The number of halogens is 1. The van der Waals surface area contributed by atoms with Crippen LogP contribution in [-0.4, -0.2) is 23.9 Å². The summed E-state index contributed by atoms with van der Waals surface area (Å²) < 4.78 is 24.9. The van der Waals surface area contributed by atoms with E-state index in [1.165, 1.54) is 29.5 Å². The van der Waals surface area contributed by atoms with Gasteiger partial charge in [-0.25, -0.2) is 9.37 Å². The first-order valence-electron chi connectivity index (χ1n) is 10.3. The SMILES string of the molecule is COc1c(/C(C)=C/C(=O)Nc2nc(CC(N)=O)cs2)cc2c(-c3ccc(F)cc3)coc2c1C. The van der Waals surface area contributed by atoms with E-state index < -0.39 is 5.91 Å². The van der Waals surface area contributed by atoms with Gasteiger partial charge in [-0.05, 0) is 43.2 Å². The van der Waals surface area contributed by atoms with Crippen LogP contribution in [0.2, 0.25) is 0 Å². The molecule has 2 heterocycles. The number of methoxy groups -OCH3 is 1. The molecule has 174 valence electrons. The zero-order chi connectivity index (χ0) is 24.4. The zero-order valence-corrected chi connectivity index (χ0v) is 19.6. The number of aryl methyl sites for hydroxylation is 1. The summed E-state index contributed by atoms with van der Waals surface area (Å²) in [5, 5.41) is 5.58. The first-order valence-corrected chi connectivity index (χ1v) is 11.2. The fraction of sp³-hybridized carbons (Fsp3) is 0.160. The largest absolute Gasteiger partial charge is 0.496 e. The molecular formula is C25H22FN3O4S. The van der Waals surface area contributed by atoms with Gasteiger partial charge in [0.2, 0.25) is 11.8 Å². The Kier molecular flexibility index (Phi) is 6.47. The maximum absolute atomic E-state index is 13.4. The first-order chi connectivity index (χ1) is 16.3. The fourth-order valence-corrected chi connectivity index (χ4v) is 4.48. The molecule has 2 aromatic heterocycles. The fourth-order valence-electron chi connectivity index (χ4n) is 3.76. The van der Waals surface area contributed by atoms with Gasteiger partial charge < -0.3 is 14.9 Å². The minimum atomic E-state index is -0.490. The van der Waals surface area contributed by atoms with Crippen LogP contribution in [0.4, 0.5) is 9.52 Å². The normalized spacial score (nSPS) is 11.6. The van der Waals surface area contributed by atoms with Crippen molar-refractivity contribution in [1.82, 2.24) is 4.98 Å². The highest BCUT2D eigenvalue weighted by atomic mass is 32.1. The molecule has 0 aliphatic heterocycles. The van der Waals surface area contributed by atoms with Crippen LogP contribution in [0.15, 0.2) is 52.5 Å². The average molecular weight is 480 g/mol. The van der Waals surface area contributed by atoms with E-state index in [-0.39, 0.29) is 18.1 Å². The molecule has 0 spiro atoms. The van der Waals surface area contributed by atoms with Crippen LogP contribution in [-0.2, 0) is 16.0 Å². The highest BCUT2D eigenvalue weighted by Gasteiger charge is 2.19. The molecular weight excluding hydrogens is 457 g/mol. The number of aromatic nitrogens is 1. The van der Waals surface area contributed by atoms with Crippen LogP contribution < -0.4 is 15.8 Å². The number of anilines is 1. The van der Waals surface area contributed by atoms with E-state index in [0.717, 1.165) is 27.6 Å². The van der Waals surface area contributed by atoms with E-state index in [4.69, 9.17) is 14.9 Å². The molecule has 9 heteroatoms. The molecule has 0 bridgehead atoms. The Labute approximate surface area is 199 Å². The van der Waals surface area contributed by atoms with Gasteiger partial charge in [0, 0.05) is 33.5 Å². The van der Waals surface area contributed by atoms with Gasteiger partial charge in [0.25, 0.3) is 0 Å². The summed E-state index contributed by atoms with van der Waals surface area (Å²) in [4.78, 5) is 27.9. The third-order valence-electron chi connectivity index (χ3n) is 5.31. The van der Waals surface area contributed by atoms with Gasteiger partial charge in [-0.1, -0.05) is 12.1 Å². The number of thiazole rings is 1. The van der Waals surface area contributed by atoms with Crippen molar-refractivity contribution in [2.75, 3.05) is 12.4 Å². The van der Waals surface area contributed by atoms with Crippen molar-refractivity contribution in [3.63, 3.8) is 0 Å². The number of furan rings is 1.